The van der Waals surface area contributed by atoms with Gasteiger partial charge in [0.15, 0.2) is 0 Å². The molecule has 0 saturated carbocycles. The molecule has 0 radical (unpaired) electrons. The lowest BCUT2D eigenvalue weighted by molar-refractivity contribution is 0.565. The Bertz CT molecular complexity index is 516. The van der Waals surface area contributed by atoms with Gasteiger partial charge < -0.3 is 0 Å². The van der Waals surface area contributed by atoms with Crippen molar-refractivity contribution in [2.45, 2.75) is 11.8 Å². The van der Waals surface area contributed by atoms with E-state index in [0.29, 0.717) is 5.56 Å². The van der Waals surface area contributed by atoms with Crippen LogP contribution in [0.15, 0.2) is 28.1 Å². The molecule has 6 heteroatoms. The predicted octanol–water partition coefficient (Wildman–Crippen LogP) is 0.870. The molecule has 0 aliphatic carbocycles. The molecular weight excluding hydrogens is 216 g/mol. The predicted molar refractivity (Wildman–Crippen MR) is 55.2 cm³/mol. The zero-order valence-electron chi connectivity index (χ0n) is 8.31. The summed E-state index contributed by atoms with van der Waals surface area (Å²) in [6.45, 7) is 1.67. The molecule has 0 heterocycles. The summed E-state index contributed by atoms with van der Waals surface area (Å²) in [7, 11) is -2.19. The highest BCUT2D eigenvalue weighted by molar-refractivity contribution is 7.89. The standard InChI is InChI=1S/C9H10N2O3S/c1-7-3-4-8(11-6-12)5-9(7)15(13,14)10-2/h3-5,10H,1-2H3. The smallest absolute Gasteiger partial charge is 0.214 e. The molecule has 0 atom stereocenters. The third-order valence-corrected chi connectivity index (χ3v) is 3.46. The van der Waals surface area contributed by atoms with Gasteiger partial charge in [-0.3, -0.25) is 0 Å². The van der Waals surface area contributed by atoms with Gasteiger partial charge in [0.2, 0.25) is 16.1 Å². The van der Waals surface area contributed by atoms with Crippen LogP contribution in [0, 0.1) is 6.92 Å². The SMILES string of the molecule is CNS(=O)(=O)c1cc(N=C=O)ccc1C. The van der Waals surface area contributed by atoms with E-state index in [1.54, 1.807) is 19.1 Å². The summed E-state index contributed by atoms with van der Waals surface area (Å²) in [6, 6.07) is 4.46. The number of nitrogens with one attached hydrogen (secondary N) is 1. The average molecular weight is 226 g/mol. The van der Waals surface area contributed by atoms with Gasteiger partial charge in [-0.05, 0) is 31.7 Å². The van der Waals surface area contributed by atoms with Crippen LogP contribution in [-0.4, -0.2) is 21.5 Å². The van der Waals surface area contributed by atoms with Crippen LogP contribution < -0.4 is 4.72 Å². The maximum absolute atomic E-state index is 11.5. The van der Waals surface area contributed by atoms with Crippen LogP contribution in [0.25, 0.3) is 0 Å². The first-order valence-electron chi connectivity index (χ1n) is 4.13. The summed E-state index contributed by atoms with van der Waals surface area (Å²) in [5.74, 6) is 0. The maximum Gasteiger partial charge on any atom is 0.240 e. The molecule has 0 bridgehead atoms. The molecule has 1 N–H and O–H groups in total. The number of benzene rings is 1. The Balaban J connectivity index is 3.41. The summed E-state index contributed by atoms with van der Waals surface area (Å²) in [4.78, 5) is 13.5. The lowest BCUT2D eigenvalue weighted by atomic mass is 10.2. The van der Waals surface area contributed by atoms with Gasteiger partial charge in [0.05, 0.1) is 10.6 Å². The highest BCUT2D eigenvalue weighted by atomic mass is 32.2. The first kappa shape index (κ1) is 11.6. The van der Waals surface area contributed by atoms with Gasteiger partial charge >= 0.3 is 0 Å². The molecule has 0 fully saturated rings. The van der Waals surface area contributed by atoms with E-state index < -0.39 is 10.0 Å². The fourth-order valence-electron chi connectivity index (χ4n) is 1.11. The summed E-state index contributed by atoms with van der Waals surface area (Å²) < 4.78 is 25.3. The largest absolute Gasteiger partial charge is 0.240 e. The quantitative estimate of drug-likeness (QED) is 0.613. The molecular formula is C9H10N2O3S. The normalized spacial score (nSPS) is 10.8. The van der Waals surface area contributed by atoms with Crippen LogP contribution in [0.1, 0.15) is 5.56 Å². The van der Waals surface area contributed by atoms with Crippen LogP contribution in [0.4, 0.5) is 5.69 Å². The van der Waals surface area contributed by atoms with Crippen LogP contribution in [0.5, 0.6) is 0 Å². The summed E-state index contributed by atoms with van der Waals surface area (Å²) in [5.41, 5.74) is 0.860. The van der Waals surface area contributed by atoms with Crippen molar-refractivity contribution in [2.75, 3.05) is 7.05 Å². The third kappa shape index (κ3) is 2.50. The van der Waals surface area contributed by atoms with E-state index in [0.717, 1.165) is 0 Å². The van der Waals surface area contributed by atoms with E-state index in [-0.39, 0.29) is 10.6 Å². The van der Waals surface area contributed by atoms with E-state index in [2.05, 4.69) is 9.71 Å². The zero-order valence-corrected chi connectivity index (χ0v) is 9.13. The van der Waals surface area contributed by atoms with Crippen molar-refractivity contribution in [2.24, 2.45) is 4.99 Å². The van der Waals surface area contributed by atoms with Gasteiger partial charge in [0.25, 0.3) is 0 Å². The first-order valence-corrected chi connectivity index (χ1v) is 5.61. The Morgan fingerprint density at radius 1 is 1.40 bits per heavy atom. The Kier molecular flexibility index (Phi) is 3.36. The van der Waals surface area contributed by atoms with E-state index in [1.165, 1.54) is 19.2 Å². The fourth-order valence-corrected chi connectivity index (χ4v) is 2.10. The Morgan fingerprint density at radius 3 is 2.60 bits per heavy atom. The van der Waals surface area contributed by atoms with E-state index in [9.17, 15) is 13.2 Å². The Labute approximate surface area is 87.9 Å². The van der Waals surface area contributed by atoms with Crippen molar-refractivity contribution in [3.63, 3.8) is 0 Å². The monoisotopic (exact) mass is 226 g/mol. The van der Waals surface area contributed by atoms with Gasteiger partial charge in [0.1, 0.15) is 0 Å². The molecule has 0 aliphatic heterocycles. The summed E-state index contributed by atoms with van der Waals surface area (Å²) in [6.07, 6.45) is 1.36. The number of sulfonamides is 1. The van der Waals surface area contributed by atoms with Crippen molar-refractivity contribution in [3.8, 4) is 0 Å². The highest BCUT2D eigenvalue weighted by Crippen LogP contribution is 2.21. The molecule has 1 aromatic carbocycles. The second-order valence-electron chi connectivity index (χ2n) is 2.86. The molecule has 1 aromatic rings. The maximum atomic E-state index is 11.5. The lowest BCUT2D eigenvalue weighted by Gasteiger charge is -2.06. The molecule has 1 rings (SSSR count). The Hall–Kier alpha value is -1.49. The zero-order chi connectivity index (χ0) is 11.5. The van der Waals surface area contributed by atoms with E-state index in [4.69, 9.17) is 0 Å². The molecule has 15 heavy (non-hydrogen) atoms. The number of rotatable bonds is 3. The van der Waals surface area contributed by atoms with E-state index >= 15 is 0 Å². The number of aliphatic imine (C=N–C) groups is 1. The van der Waals surface area contributed by atoms with Gasteiger partial charge in [-0.15, -0.1) is 0 Å². The van der Waals surface area contributed by atoms with Gasteiger partial charge in [-0.25, -0.2) is 17.9 Å². The van der Waals surface area contributed by atoms with Crippen molar-refractivity contribution in [1.29, 1.82) is 0 Å². The average Bonchev–Trinajstić information content (AvgIpc) is 2.21. The van der Waals surface area contributed by atoms with Crippen LogP contribution >= 0.6 is 0 Å². The molecule has 0 aliphatic rings. The summed E-state index contributed by atoms with van der Waals surface area (Å²) >= 11 is 0. The molecule has 0 spiro atoms. The molecule has 0 saturated heterocycles. The number of hydrogen-bond donors (Lipinski definition) is 1. The fraction of sp³-hybridized carbons (Fsp3) is 0.222. The van der Waals surface area contributed by atoms with Crippen molar-refractivity contribution in [1.82, 2.24) is 4.72 Å². The minimum atomic E-state index is -3.51. The van der Waals surface area contributed by atoms with Gasteiger partial charge in [-0.2, -0.15) is 4.99 Å². The Morgan fingerprint density at radius 2 is 2.07 bits per heavy atom. The minimum absolute atomic E-state index is 0.113. The molecule has 80 valence electrons. The number of aryl methyl sites for hydroxylation is 1. The topological polar surface area (TPSA) is 75.6 Å². The van der Waals surface area contributed by atoms with E-state index in [1.807, 2.05) is 0 Å². The second kappa shape index (κ2) is 4.35. The minimum Gasteiger partial charge on any atom is -0.214 e. The number of carbonyl (C=O) groups excluding carboxylic acids is 1. The van der Waals surface area contributed by atoms with Crippen molar-refractivity contribution in [3.05, 3.63) is 23.8 Å². The lowest BCUT2D eigenvalue weighted by Crippen LogP contribution is -2.19. The number of isocyanates is 1. The molecule has 0 aromatic heterocycles. The second-order valence-corrected chi connectivity index (χ2v) is 4.72. The van der Waals surface area contributed by atoms with Gasteiger partial charge in [0, 0.05) is 0 Å². The van der Waals surface area contributed by atoms with Gasteiger partial charge in [-0.1, -0.05) is 6.07 Å². The first-order chi connectivity index (χ1) is 7.01. The van der Waals surface area contributed by atoms with Crippen LogP contribution in [0.3, 0.4) is 0 Å². The number of nitrogens with zero attached hydrogens (tertiary/aromatic N) is 1. The number of hydrogen-bond acceptors (Lipinski definition) is 4. The highest BCUT2D eigenvalue weighted by Gasteiger charge is 2.14. The van der Waals surface area contributed by atoms with Crippen LogP contribution in [-0.2, 0) is 14.8 Å². The molecule has 5 nitrogen and oxygen atoms in total. The molecule has 0 amide bonds. The van der Waals surface area contributed by atoms with Crippen LogP contribution in [0.2, 0.25) is 0 Å². The van der Waals surface area contributed by atoms with Crippen molar-refractivity contribution < 1.29 is 13.2 Å². The summed E-state index contributed by atoms with van der Waals surface area (Å²) in [5, 5.41) is 0. The third-order valence-electron chi connectivity index (χ3n) is 1.90. The van der Waals surface area contributed by atoms with Crippen molar-refractivity contribution >= 4 is 21.8 Å². The molecule has 0 unspecified atom stereocenters.